The first-order valence-electron chi connectivity index (χ1n) is 5.75. The predicted molar refractivity (Wildman–Crippen MR) is 65.0 cm³/mol. The molecule has 1 aromatic rings. The number of nitrogens with two attached hydrogens (primary N) is 2. The lowest BCUT2D eigenvalue weighted by Crippen LogP contribution is -2.30. The van der Waals surface area contributed by atoms with Gasteiger partial charge in [0.05, 0.1) is 12.2 Å². The molecular formula is C11H16N4O3. The lowest BCUT2D eigenvalue weighted by atomic mass is 10.3. The second-order valence-electron chi connectivity index (χ2n) is 4.22. The number of carbonyl (C=O) groups excluding carboxylic acids is 2. The number of ether oxygens (including phenoxy) is 1. The van der Waals surface area contributed by atoms with E-state index < -0.39 is 6.09 Å². The fourth-order valence-electron chi connectivity index (χ4n) is 1.74. The topological polar surface area (TPSA) is 112 Å². The number of nitrogens with zero attached hydrogens (tertiary/aromatic N) is 1. The minimum atomic E-state index is -0.852. The summed E-state index contributed by atoms with van der Waals surface area (Å²) in [7, 11) is 0. The number of nitrogens with one attached hydrogen (secondary N) is 1. The van der Waals surface area contributed by atoms with Crippen molar-refractivity contribution in [3.8, 4) is 0 Å². The van der Waals surface area contributed by atoms with Crippen LogP contribution in [-0.4, -0.2) is 29.7 Å². The Bertz CT molecular complexity index is 465. The number of rotatable bonds is 5. The molecule has 98 valence electrons. The average molecular weight is 252 g/mol. The predicted octanol–water partition coefficient (Wildman–Crippen LogP) is 0.230. The summed E-state index contributed by atoms with van der Waals surface area (Å²) in [5.41, 5.74) is 11.6. The van der Waals surface area contributed by atoms with Gasteiger partial charge in [0.1, 0.15) is 12.3 Å². The molecule has 5 N–H and O–H groups in total. The number of primary amides is 1. The number of anilines is 1. The molecule has 1 fully saturated rings. The van der Waals surface area contributed by atoms with E-state index in [1.165, 1.54) is 0 Å². The Balaban J connectivity index is 1.90. The third-order valence-electron chi connectivity index (χ3n) is 2.67. The van der Waals surface area contributed by atoms with Gasteiger partial charge in [0.25, 0.3) is 5.91 Å². The maximum Gasteiger partial charge on any atom is 0.404 e. The molecule has 18 heavy (non-hydrogen) atoms. The summed E-state index contributed by atoms with van der Waals surface area (Å²) >= 11 is 0. The third-order valence-corrected chi connectivity index (χ3v) is 2.67. The van der Waals surface area contributed by atoms with Crippen molar-refractivity contribution in [1.29, 1.82) is 0 Å². The average Bonchev–Trinajstić information content (AvgIpc) is 3.07. The molecule has 0 saturated heterocycles. The van der Waals surface area contributed by atoms with Crippen molar-refractivity contribution in [1.82, 2.24) is 9.88 Å². The Morgan fingerprint density at radius 2 is 2.22 bits per heavy atom. The molecule has 7 nitrogen and oxygen atoms in total. The zero-order valence-electron chi connectivity index (χ0n) is 9.89. The van der Waals surface area contributed by atoms with E-state index in [1.807, 2.05) is 4.57 Å². The lowest BCUT2D eigenvalue weighted by molar-refractivity contribution is 0.0927. The molecule has 0 atom stereocenters. The number of hydrogen-bond acceptors (Lipinski definition) is 4. The van der Waals surface area contributed by atoms with Crippen molar-refractivity contribution < 1.29 is 14.3 Å². The van der Waals surface area contributed by atoms with E-state index in [0.717, 1.165) is 12.8 Å². The third kappa shape index (κ3) is 2.93. The van der Waals surface area contributed by atoms with Crippen LogP contribution < -0.4 is 16.8 Å². The summed E-state index contributed by atoms with van der Waals surface area (Å²) in [6.45, 7) is 0.276. The van der Waals surface area contributed by atoms with Crippen LogP contribution in [0, 0.1) is 0 Å². The Morgan fingerprint density at radius 3 is 2.83 bits per heavy atom. The van der Waals surface area contributed by atoms with E-state index in [2.05, 4.69) is 10.1 Å². The molecule has 1 heterocycles. The first-order chi connectivity index (χ1) is 8.58. The molecule has 2 amide bonds. The number of aromatic nitrogens is 1. The van der Waals surface area contributed by atoms with Gasteiger partial charge in [-0.2, -0.15) is 0 Å². The van der Waals surface area contributed by atoms with Crippen LogP contribution in [0.1, 0.15) is 29.4 Å². The molecule has 0 aromatic carbocycles. The molecule has 1 aliphatic rings. The van der Waals surface area contributed by atoms with Gasteiger partial charge in [0.2, 0.25) is 0 Å². The van der Waals surface area contributed by atoms with Crippen molar-refractivity contribution in [3.63, 3.8) is 0 Å². The van der Waals surface area contributed by atoms with Crippen molar-refractivity contribution in [2.24, 2.45) is 5.73 Å². The molecule has 0 aliphatic heterocycles. The summed E-state index contributed by atoms with van der Waals surface area (Å²) in [6, 6.07) is 2.02. The van der Waals surface area contributed by atoms with Crippen LogP contribution in [-0.2, 0) is 4.74 Å². The van der Waals surface area contributed by atoms with Gasteiger partial charge in [-0.15, -0.1) is 0 Å². The molecule has 0 spiro atoms. The quantitative estimate of drug-likeness (QED) is 0.651. The van der Waals surface area contributed by atoms with E-state index in [1.54, 1.807) is 12.3 Å². The second-order valence-corrected chi connectivity index (χ2v) is 4.22. The van der Waals surface area contributed by atoms with E-state index in [-0.39, 0.29) is 19.1 Å². The number of amides is 2. The maximum atomic E-state index is 11.9. The van der Waals surface area contributed by atoms with Gasteiger partial charge in [0, 0.05) is 12.2 Å². The van der Waals surface area contributed by atoms with Crippen molar-refractivity contribution in [2.75, 3.05) is 18.9 Å². The van der Waals surface area contributed by atoms with E-state index in [4.69, 9.17) is 11.5 Å². The van der Waals surface area contributed by atoms with Crippen LogP contribution in [0.2, 0.25) is 0 Å². The van der Waals surface area contributed by atoms with Gasteiger partial charge in [-0.1, -0.05) is 0 Å². The zero-order valence-corrected chi connectivity index (χ0v) is 9.89. The van der Waals surface area contributed by atoms with E-state index in [9.17, 15) is 9.59 Å². The Labute approximate surface area is 104 Å². The molecule has 7 heteroatoms. The molecular weight excluding hydrogens is 236 g/mol. The van der Waals surface area contributed by atoms with Gasteiger partial charge in [-0.25, -0.2) is 4.79 Å². The SMILES string of the molecule is NC(=O)OCCNC(=O)c1cc(N)cn1C1CC1. The highest BCUT2D eigenvalue weighted by Gasteiger charge is 2.27. The molecule has 0 unspecified atom stereocenters. The van der Waals surface area contributed by atoms with Crippen molar-refractivity contribution in [2.45, 2.75) is 18.9 Å². The zero-order chi connectivity index (χ0) is 13.1. The molecule has 1 saturated carbocycles. The Morgan fingerprint density at radius 1 is 1.50 bits per heavy atom. The van der Waals surface area contributed by atoms with Crippen LogP contribution in [0.25, 0.3) is 0 Å². The second kappa shape index (κ2) is 4.99. The Kier molecular flexibility index (Phi) is 3.40. The first-order valence-corrected chi connectivity index (χ1v) is 5.75. The number of carbonyl (C=O) groups is 2. The summed E-state index contributed by atoms with van der Waals surface area (Å²) in [4.78, 5) is 22.2. The largest absolute Gasteiger partial charge is 0.448 e. The molecule has 2 rings (SSSR count). The molecule has 1 aliphatic carbocycles. The maximum absolute atomic E-state index is 11.9. The standard InChI is InChI=1S/C11H16N4O3/c12-7-5-9(15(6-7)8-1-2-8)10(16)14-3-4-18-11(13)17/h5-6,8H,1-4,12H2,(H2,13,17)(H,14,16). The fourth-order valence-corrected chi connectivity index (χ4v) is 1.74. The first kappa shape index (κ1) is 12.3. The van der Waals surface area contributed by atoms with E-state index >= 15 is 0 Å². The summed E-state index contributed by atoms with van der Waals surface area (Å²) < 4.78 is 6.40. The molecule has 0 radical (unpaired) electrons. The van der Waals surface area contributed by atoms with Crippen LogP contribution >= 0.6 is 0 Å². The van der Waals surface area contributed by atoms with Gasteiger partial charge in [-0.05, 0) is 18.9 Å². The Hall–Kier alpha value is -2.18. The van der Waals surface area contributed by atoms with Gasteiger partial charge in [-0.3, -0.25) is 4.79 Å². The fraction of sp³-hybridized carbons (Fsp3) is 0.455. The van der Waals surface area contributed by atoms with Crippen LogP contribution in [0.3, 0.4) is 0 Å². The van der Waals surface area contributed by atoms with Gasteiger partial charge < -0.3 is 26.1 Å². The van der Waals surface area contributed by atoms with Crippen molar-refractivity contribution in [3.05, 3.63) is 18.0 Å². The highest BCUT2D eigenvalue weighted by Crippen LogP contribution is 2.37. The lowest BCUT2D eigenvalue weighted by Gasteiger charge is -2.08. The van der Waals surface area contributed by atoms with Gasteiger partial charge >= 0.3 is 6.09 Å². The minimum absolute atomic E-state index is 0.0562. The van der Waals surface area contributed by atoms with Crippen LogP contribution in [0.4, 0.5) is 10.5 Å². The highest BCUT2D eigenvalue weighted by atomic mass is 16.5. The van der Waals surface area contributed by atoms with Crippen molar-refractivity contribution >= 4 is 17.7 Å². The highest BCUT2D eigenvalue weighted by molar-refractivity contribution is 5.93. The molecule has 0 bridgehead atoms. The van der Waals surface area contributed by atoms with Gasteiger partial charge in [0.15, 0.2) is 0 Å². The summed E-state index contributed by atoms with van der Waals surface area (Å²) in [5, 5.41) is 2.64. The number of hydrogen-bond donors (Lipinski definition) is 3. The summed E-state index contributed by atoms with van der Waals surface area (Å²) in [5.74, 6) is -0.230. The minimum Gasteiger partial charge on any atom is -0.448 e. The smallest absolute Gasteiger partial charge is 0.404 e. The normalized spacial score (nSPS) is 14.2. The monoisotopic (exact) mass is 252 g/mol. The van der Waals surface area contributed by atoms with Crippen LogP contribution in [0.5, 0.6) is 0 Å². The van der Waals surface area contributed by atoms with Crippen LogP contribution in [0.15, 0.2) is 12.3 Å². The summed E-state index contributed by atoms with van der Waals surface area (Å²) in [6.07, 6.45) is 3.06. The van der Waals surface area contributed by atoms with E-state index in [0.29, 0.717) is 17.4 Å². The molecule has 1 aromatic heterocycles. The number of nitrogen functional groups attached to an aromatic ring is 1.